The number of oxazole rings is 1. The molecule has 4 aromatic rings. The Hall–Kier alpha value is -3.40. The van der Waals surface area contributed by atoms with Crippen LogP contribution in [0.2, 0.25) is 0 Å². The quantitative estimate of drug-likeness (QED) is 0.586. The zero-order valence-electron chi connectivity index (χ0n) is 12.6. The molecular formula is C20H13NO3. The van der Waals surface area contributed by atoms with Gasteiger partial charge in [0.2, 0.25) is 5.89 Å². The third-order valence-corrected chi connectivity index (χ3v) is 3.89. The van der Waals surface area contributed by atoms with Gasteiger partial charge in [0.15, 0.2) is 5.58 Å². The van der Waals surface area contributed by atoms with Gasteiger partial charge in [-0.2, -0.15) is 0 Å². The largest absolute Gasteiger partial charge is 0.478 e. The third kappa shape index (κ3) is 2.34. The van der Waals surface area contributed by atoms with Crippen LogP contribution in [0, 0.1) is 0 Å². The van der Waals surface area contributed by atoms with Crippen LogP contribution in [0.3, 0.4) is 0 Å². The van der Waals surface area contributed by atoms with Gasteiger partial charge in [0.05, 0.1) is 11.1 Å². The molecule has 0 aliphatic rings. The van der Waals surface area contributed by atoms with E-state index >= 15 is 0 Å². The summed E-state index contributed by atoms with van der Waals surface area (Å²) in [5, 5.41) is 9.36. The van der Waals surface area contributed by atoms with E-state index in [0.29, 0.717) is 22.6 Å². The first-order valence-electron chi connectivity index (χ1n) is 7.52. The van der Waals surface area contributed by atoms with Gasteiger partial charge in [-0.15, -0.1) is 0 Å². The van der Waals surface area contributed by atoms with Gasteiger partial charge in [-0.05, 0) is 23.8 Å². The maximum absolute atomic E-state index is 11.4. The van der Waals surface area contributed by atoms with Crippen molar-refractivity contribution in [3.05, 3.63) is 78.4 Å². The first-order valence-corrected chi connectivity index (χ1v) is 7.52. The van der Waals surface area contributed by atoms with E-state index in [0.717, 1.165) is 11.1 Å². The summed E-state index contributed by atoms with van der Waals surface area (Å²) >= 11 is 0. The van der Waals surface area contributed by atoms with E-state index in [9.17, 15) is 9.90 Å². The third-order valence-electron chi connectivity index (χ3n) is 3.89. The van der Waals surface area contributed by atoms with E-state index in [-0.39, 0.29) is 5.56 Å². The van der Waals surface area contributed by atoms with Crippen molar-refractivity contribution in [2.45, 2.75) is 0 Å². The van der Waals surface area contributed by atoms with Crippen LogP contribution in [-0.4, -0.2) is 16.1 Å². The highest BCUT2D eigenvalue weighted by molar-refractivity contribution is 5.96. The highest BCUT2D eigenvalue weighted by atomic mass is 16.4. The predicted molar refractivity (Wildman–Crippen MR) is 91.8 cm³/mol. The molecule has 0 bridgehead atoms. The number of benzene rings is 3. The number of carbonyl (C=O) groups is 1. The van der Waals surface area contributed by atoms with Crippen molar-refractivity contribution in [1.29, 1.82) is 0 Å². The summed E-state index contributed by atoms with van der Waals surface area (Å²) < 4.78 is 5.96. The molecule has 0 saturated heterocycles. The molecule has 0 unspecified atom stereocenters. The number of carboxylic acid groups (broad SMARTS) is 1. The Morgan fingerprint density at radius 3 is 2.33 bits per heavy atom. The Balaban J connectivity index is 1.93. The van der Waals surface area contributed by atoms with E-state index in [2.05, 4.69) is 4.98 Å². The molecule has 4 rings (SSSR count). The minimum absolute atomic E-state index is 0.172. The average Bonchev–Trinajstić information content (AvgIpc) is 3.06. The lowest BCUT2D eigenvalue weighted by atomic mass is 10.1. The first kappa shape index (κ1) is 14.2. The number of nitrogens with zero attached hydrogens (tertiary/aromatic N) is 1. The summed E-state index contributed by atoms with van der Waals surface area (Å²) in [4.78, 5) is 15.9. The molecule has 24 heavy (non-hydrogen) atoms. The molecule has 0 aliphatic heterocycles. The minimum atomic E-state index is -1.00. The van der Waals surface area contributed by atoms with Crippen LogP contribution in [0.15, 0.2) is 77.2 Å². The summed E-state index contributed by atoms with van der Waals surface area (Å²) in [6.07, 6.45) is 0. The molecule has 3 aromatic carbocycles. The molecule has 1 N–H and O–H groups in total. The molecule has 1 aromatic heterocycles. The number of aromatic carboxylic acids is 1. The number of carboxylic acids is 1. The monoisotopic (exact) mass is 315 g/mol. The van der Waals surface area contributed by atoms with Crippen molar-refractivity contribution in [2.24, 2.45) is 0 Å². The number of hydrogen-bond donors (Lipinski definition) is 1. The summed E-state index contributed by atoms with van der Waals surface area (Å²) in [5.74, 6) is -0.692. The van der Waals surface area contributed by atoms with Crippen LogP contribution >= 0.6 is 0 Å². The number of rotatable bonds is 3. The van der Waals surface area contributed by atoms with Crippen molar-refractivity contribution in [3.63, 3.8) is 0 Å². The molecule has 0 fully saturated rings. The average molecular weight is 315 g/mol. The molecule has 4 heteroatoms. The molecule has 116 valence electrons. The molecular weight excluding hydrogens is 302 g/mol. The fourth-order valence-electron chi connectivity index (χ4n) is 2.77. The van der Waals surface area contributed by atoms with Gasteiger partial charge in [0, 0.05) is 5.56 Å². The minimum Gasteiger partial charge on any atom is -0.478 e. The van der Waals surface area contributed by atoms with Gasteiger partial charge in [0.25, 0.3) is 0 Å². The van der Waals surface area contributed by atoms with E-state index in [1.807, 2.05) is 48.5 Å². The zero-order valence-corrected chi connectivity index (χ0v) is 12.6. The second kappa shape index (κ2) is 5.66. The van der Waals surface area contributed by atoms with Crippen LogP contribution in [0.25, 0.3) is 33.7 Å². The Labute approximate surface area is 138 Å². The number of para-hydroxylation sites is 1. The number of hydrogen-bond acceptors (Lipinski definition) is 3. The maximum atomic E-state index is 11.4. The van der Waals surface area contributed by atoms with Crippen LogP contribution in [0.4, 0.5) is 0 Å². The van der Waals surface area contributed by atoms with Gasteiger partial charge < -0.3 is 9.52 Å². The van der Waals surface area contributed by atoms with E-state index in [1.165, 1.54) is 0 Å². The molecule has 0 atom stereocenters. The van der Waals surface area contributed by atoms with Crippen molar-refractivity contribution in [2.75, 3.05) is 0 Å². The van der Waals surface area contributed by atoms with Crippen molar-refractivity contribution in [3.8, 4) is 22.6 Å². The van der Waals surface area contributed by atoms with Gasteiger partial charge >= 0.3 is 5.97 Å². The summed E-state index contributed by atoms with van der Waals surface area (Å²) in [5.41, 5.74) is 3.95. The Bertz CT molecular complexity index is 1040. The van der Waals surface area contributed by atoms with E-state index < -0.39 is 5.97 Å². The SMILES string of the molecule is O=C(O)c1ccccc1-c1nc2cccc(-c3ccccc3)c2o1. The second-order valence-corrected chi connectivity index (χ2v) is 5.39. The molecule has 0 amide bonds. The Morgan fingerprint density at radius 1 is 0.833 bits per heavy atom. The molecule has 1 heterocycles. The van der Waals surface area contributed by atoms with Crippen LogP contribution in [-0.2, 0) is 0 Å². The lowest BCUT2D eigenvalue weighted by molar-refractivity contribution is 0.0697. The van der Waals surface area contributed by atoms with Crippen LogP contribution < -0.4 is 0 Å². The lowest BCUT2D eigenvalue weighted by Crippen LogP contribution is -1.98. The standard InChI is InChI=1S/C20H13NO3/c22-20(23)16-10-5-4-9-15(16)19-21-17-12-6-11-14(18(17)24-19)13-7-2-1-3-8-13/h1-12H,(H,22,23). The first-order chi connectivity index (χ1) is 11.7. The summed E-state index contributed by atoms with van der Waals surface area (Å²) in [6, 6.07) is 22.3. The van der Waals surface area contributed by atoms with Gasteiger partial charge in [-0.3, -0.25) is 0 Å². The molecule has 0 aliphatic carbocycles. The van der Waals surface area contributed by atoms with Gasteiger partial charge in [-0.25, -0.2) is 9.78 Å². The Kier molecular flexibility index (Phi) is 3.35. The molecule has 0 saturated carbocycles. The highest BCUT2D eigenvalue weighted by Gasteiger charge is 2.17. The number of fused-ring (bicyclic) bond motifs is 1. The van der Waals surface area contributed by atoms with Crippen molar-refractivity contribution < 1.29 is 14.3 Å². The predicted octanol–water partition coefficient (Wildman–Crippen LogP) is 4.86. The molecule has 4 nitrogen and oxygen atoms in total. The molecule has 0 spiro atoms. The second-order valence-electron chi connectivity index (χ2n) is 5.39. The maximum Gasteiger partial charge on any atom is 0.336 e. The smallest absolute Gasteiger partial charge is 0.336 e. The molecule has 0 radical (unpaired) electrons. The Morgan fingerprint density at radius 2 is 1.54 bits per heavy atom. The lowest BCUT2D eigenvalue weighted by Gasteiger charge is -2.02. The van der Waals surface area contributed by atoms with Crippen LogP contribution in [0.1, 0.15) is 10.4 Å². The van der Waals surface area contributed by atoms with Crippen molar-refractivity contribution in [1.82, 2.24) is 4.98 Å². The number of aromatic nitrogens is 1. The van der Waals surface area contributed by atoms with Gasteiger partial charge in [-0.1, -0.05) is 54.6 Å². The van der Waals surface area contributed by atoms with E-state index in [1.54, 1.807) is 24.3 Å². The van der Waals surface area contributed by atoms with Crippen LogP contribution in [0.5, 0.6) is 0 Å². The van der Waals surface area contributed by atoms with Gasteiger partial charge in [0.1, 0.15) is 5.52 Å². The van der Waals surface area contributed by atoms with E-state index in [4.69, 9.17) is 4.42 Å². The summed E-state index contributed by atoms with van der Waals surface area (Å²) in [6.45, 7) is 0. The summed E-state index contributed by atoms with van der Waals surface area (Å²) in [7, 11) is 0. The fraction of sp³-hybridized carbons (Fsp3) is 0. The van der Waals surface area contributed by atoms with Crippen molar-refractivity contribution >= 4 is 17.1 Å². The normalized spacial score (nSPS) is 10.8. The topological polar surface area (TPSA) is 63.3 Å². The highest BCUT2D eigenvalue weighted by Crippen LogP contribution is 2.33. The zero-order chi connectivity index (χ0) is 16.5. The fourth-order valence-corrected chi connectivity index (χ4v) is 2.77.